The first-order chi connectivity index (χ1) is 12.6. The smallest absolute Gasteiger partial charge is 0.225 e. The van der Waals surface area contributed by atoms with E-state index in [2.05, 4.69) is 36.5 Å². The van der Waals surface area contributed by atoms with E-state index in [1.807, 2.05) is 24.3 Å². The van der Waals surface area contributed by atoms with Gasteiger partial charge in [-0.3, -0.25) is 4.79 Å². The zero-order valence-corrected chi connectivity index (χ0v) is 15.9. The molecule has 0 radical (unpaired) electrons. The van der Waals surface area contributed by atoms with Crippen molar-refractivity contribution in [2.24, 2.45) is 0 Å². The van der Waals surface area contributed by atoms with Gasteiger partial charge in [-0.25, -0.2) is 0 Å². The summed E-state index contributed by atoms with van der Waals surface area (Å²) in [5.41, 5.74) is 3.34. The number of rotatable bonds is 6. The Morgan fingerprint density at radius 3 is 2.42 bits per heavy atom. The molecule has 2 aromatic rings. The minimum absolute atomic E-state index is 0.00324. The minimum Gasteiger partial charge on any atom is -0.370 e. The van der Waals surface area contributed by atoms with Crippen LogP contribution in [-0.4, -0.2) is 38.8 Å². The summed E-state index contributed by atoms with van der Waals surface area (Å²) < 4.78 is 5.45. The summed E-state index contributed by atoms with van der Waals surface area (Å²) in [7, 11) is 0. The maximum absolute atomic E-state index is 12.6. The molecule has 2 N–H and O–H groups in total. The molecule has 0 aliphatic carbocycles. The van der Waals surface area contributed by atoms with Gasteiger partial charge in [-0.05, 0) is 30.2 Å². The summed E-state index contributed by atoms with van der Waals surface area (Å²) >= 11 is 5.92. The lowest BCUT2D eigenvalue weighted by molar-refractivity contribution is -0.909. The molecular formula is C21H26ClN2O2+. The van der Waals surface area contributed by atoms with E-state index >= 15 is 0 Å². The van der Waals surface area contributed by atoms with E-state index in [1.54, 1.807) is 0 Å². The highest BCUT2D eigenvalue weighted by atomic mass is 35.5. The quantitative estimate of drug-likeness (QED) is 0.813. The molecule has 1 fully saturated rings. The molecule has 0 saturated carbocycles. The molecule has 5 heteroatoms. The van der Waals surface area contributed by atoms with Crippen molar-refractivity contribution in [3.05, 3.63) is 70.2 Å². The molecule has 0 aromatic heterocycles. The largest absolute Gasteiger partial charge is 0.370 e. The summed E-state index contributed by atoms with van der Waals surface area (Å²) in [5, 5.41) is 3.91. The van der Waals surface area contributed by atoms with Crippen LogP contribution < -0.4 is 10.2 Å². The number of hydrogen-bond acceptors (Lipinski definition) is 2. The lowest BCUT2D eigenvalue weighted by Crippen LogP contribution is -3.14. The molecule has 0 bridgehead atoms. The molecule has 26 heavy (non-hydrogen) atoms. The fourth-order valence-corrected chi connectivity index (χ4v) is 3.36. The van der Waals surface area contributed by atoms with Crippen LogP contribution in [0.1, 0.15) is 22.7 Å². The van der Waals surface area contributed by atoms with Crippen LogP contribution in [0, 0.1) is 6.92 Å². The second-order valence-corrected chi connectivity index (χ2v) is 7.34. The van der Waals surface area contributed by atoms with E-state index in [4.69, 9.17) is 16.3 Å². The molecule has 0 unspecified atom stereocenters. The number of hydrogen-bond donors (Lipinski definition) is 2. The zero-order chi connectivity index (χ0) is 18.4. The maximum Gasteiger partial charge on any atom is 0.225 e. The maximum atomic E-state index is 12.6. The molecule has 1 aliphatic heterocycles. The summed E-state index contributed by atoms with van der Waals surface area (Å²) in [5.74, 6) is 0.0329. The van der Waals surface area contributed by atoms with Gasteiger partial charge in [0.05, 0.1) is 19.6 Å². The number of halogens is 1. The van der Waals surface area contributed by atoms with Gasteiger partial charge in [0.15, 0.2) is 0 Å². The topological polar surface area (TPSA) is 42.8 Å². The van der Waals surface area contributed by atoms with Crippen LogP contribution in [-0.2, 0) is 16.0 Å². The van der Waals surface area contributed by atoms with Gasteiger partial charge in [-0.15, -0.1) is 0 Å². The monoisotopic (exact) mass is 373 g/mol. The molecule has 3 rings (SSSR count). The highest BCUT2D eigenvalue weighted by Crippen LogP contribution is 2.14. The average molecular weight is 374 g/mol. The summed E-state index contributed by atoms with van der Waals surface area (Å²) in [6, 6.07) is 15.9. The van der Waals surface area contributed by atoms with Gasteiger partial charge in [-0.1, -0.05) is 53.6 Å². The lowest BCUT2D eigenvalue weighted by Gasteiger charge is -2.28. The molecule has 2 aromatic carbocycles. The molecule has 1 saturated heterocycles. The molecule has 1 heterocycles. The number of aryl methyl sites for hydroxylation is 1. The summed E-state index contributed by atoms with van der Waals surface area (Å²) in [4.78, 5) is 14.1. The fraction of sp³-hybridized carbons (Fsp3) is 0.381. The Hall–Kier alpha value is -1.88. The van der Waals surface area contributed by atoms with E-state index in [9.17, 15) is 4.79 Å². The number of carbonyl (C=O) groups excluding carboxylic acids is 1. The van der Waals surface area contributed by atoms with E-state index in [1.165, 1.54) is 10.5 Å². The van der Waals surface area contributed by atoms with E-state index < -0.39 is 0 Å². The van der Waals surface area contributed by atoms with Crippen molar-refractivity contribution >= 4 is 17.5 Å². The van der Waals surface area contributed by atoms with E-state index in [0.29, 0.717) is 11.4 Å². The van der Waals surface area contributed by atoms with Crippen molar-refractivity contribution in [3.63, 3.8) is 0 Å². The van der Waals surface area contributed by atoms with Crippen molar-refractivity contribution < 1.29 is 14.4 Å². The number of carbonyl (C=O) groups is 1. The Kier molecular flexibility index (Phi) is 6.67. The van der Waals surface area contributed by atoms with Crippen LogP contribution in [0.15, 0.2) is 48.5 Å². The van der Waals surface area contributed by atoms with Gasteiger partial charge in [0, 0.05) is 5.02 Å². The number of nitrogens with one attached hydrogen (secondary N) is 2. The third kappa shape index (κ3) is 5.56. The highest BCUT2D eigenvalue weighted by Gasteiger charge is 2.23. The van der Waals surface area contributed by atoms with Gasteiger partial charge < -0.3 is 15.0 Å². The van der Waals surface area contributed by atoms with Crippen LogP contribution in [0.5, 0.6) is 0 Å². The lowest BCUT2D eigenvalue weighted by atomic mass is 10.0. The van der Waals surface area contributed by atoms with Crippen LogP contribution >= 0.6 is 11.6 Å². The normalized spacial score (nSPS) is 16.2. The first-order valence-electron chi connectivity index (χ1n) is 9.12. The zero-order valence-electron chi connectivity index (χ0n) is 15.1. The fourth-order valence-electron chi connectivity index (χ4n) is 3.24. The molecule has 4 nitrogen and oxygen atoms in total. The number of morpholine rings is 1. The van der Waals surface area contributed by atoms with E-state index in [0.717, 1.165) is 44.0 Å². The predicted octanol–water partition coefficient (Wildman–Crippen LogP) is 1.96. The van der Waals surface area contributed by atoms with Gasteiger partial charge in [0.1, 0.15) is 25.7 Å². The SMILES string of the molecule is Cc1ccc([C@H](C[NH+]2CCOCC2)NC(=O)Cc2ccc(Cl)cc2)cc1. The number of quaternary nitrogens is 1. The van der Waals surface area contributed by atoms with E-state index in [-0.39, 0.29) is 11.9 Å². The first-order valence-corrected chi connectivity index (χ1v) is 9.49. The molecule has 1 amide bonds. The molecule has 0 spiro atoms. The van der Waals surface area contributed by atoms with Gasteiger partial charge >= 0.3 is 0 Å². The van der Waals surface area contributed by atoms with Crippen molar-refractivity contribution in [1.82, 2.24) is 5.32 Å². The average Bonchev–Trinajstić information content (AvgIpc) is 2.65. The Morgan fingerprint density at radius 1 is 1.12 bits per heavy atom. The Labute approximate surface area is 160 Å². The third-order valence-electron chi connectivity index (χ3n) is 4.79. The molecular weight excluding hydrogens is 348 g/mol. The van der Waals surface area contributed by atoms with Gasteiger partial charge in [-0.2, -0.15) is 0 Å². The summed E-state index contributed by atoms with van der Waals surface area (Å²) in [6.45, 7) is 6.48. The third-order valence-corrected chi connectivity index (χ3v) is 5.04. The van der Waals surface area contributed by atoms with Crippen molar-refractivity contribution in [1.29, 1.82) is 0 Å². The second kappa shape index (κ2) is 9.17. The second-order valence-electron chi connectivity index (χ2n) is 6.90. The van der Waals surface area contributed by atoms with Crippen molar-refractivity contribution in [2.45, 2.75) is 19.4 Å². The minimum atomic E-state index is 0.00324. The highest BCUT2D eigenvalue weighted by molar-refractivity contribution is 6.30. The predicted molar refractivity (Wildman–Crippen MR) is 104 cm³/mol. The van der Waals surface area contributed by atoms with Crippen LogP contribution in [0.25, 0.3) is 0 Å². The molecule has 138 valence electrons. The van der Waals surface area contributed by atoms with Gasteiger partial charge in [0.25, 0.3) is 0 Å². The van der Waals surface area contributed by atoms with Gasteiger partial charge in [0.2, 0.25) is 5.91 Å². The van der Waals surface area contributed by atoms with Crippen LogP contribution in [0.4, 0.5) is 0 Å². The standard InChI is InChI=1S/C21H25ClN2O2/c1-16-2-6-18(7-3-16)20(15-24-10-12-26-13-11-24)23-21(25)14-17-4-8-19(22)9-5-17/h2-9,20H,10-15H2,1H3,(H,23,25)/p+1/t20-/m0/s1. The Morgan fingerprint density at radius 2 is 1.77 bits per heavy atom. The molecule has 1 atom stereocenters. The number of ether oxygens (including phenoxy) is 1. The number of amides is 1. The first kappa shape index (κ1) is 18.9. The summed E-state index contributed by atoms with van der Waals surface area (Å²) in [6.07, 6.45) is 0.359. The number of benzene rings is 2. The molecule has 1 aliphatic rings. The van der Waals surface area contributed by atoms with Crippen molar-refractivity contribution in [2.75, 3.05) is 32.8 Å². The van der Waals surface area contributed by atoms with Crippen LogP contribution in [0.3, 0.4) is 0 Å². The van der Waals surface area contributed by atoms with Crippen LogP contribution in [0.2, 0.25) is 5.02 Å². The Bertz CT molecular complexity index is 710. The van der Waals surface area contributed by atoms with Crippen molar-refractivity contribution in [3.8, 4) is 0 Å². The Balaban J connectivity index is 1.68.